The van der Waals surface area contributed by atoms with E-state index >= 15 is 0 Å². The molecule has 0 spiro atoms. The lowest BCUT2D eigenvalue weighted by Crippen LogP contribution is -2.40. The molecule has 1 aliphatic carbocycles. The number of hydrogen-bond donors (Lipinski definition) is 1. The summed E-state index contributed by atoms with van der Waals surface area (Å²) < 4.78 is 38.3. The predicted octanol–water partition coefficient (Wildman–Crippen LogP) is 4.70. The zero-order chi connectivity index (χ0) is 22.7. The molecule has 3 amide bonds. The summed E-state index contributed by atoms with van der Waals surface area (Å²) >= 11 is 0. The molecule has 170 valence electrons. The molecule has 0 bridgehead atoms. The first-order valence-corrected chi connectivity index (χ1v) is 10.9. The number of hydrogen-bond acceptors (Lipinski definition) is 2. The lowest BCUT2D eigenvalue weighted by molar-refractivity contribution is -0.137. The number of nitrogens with zero attached hydrogens (tertiary/aromatic N) is 2. The van der Waals surface area contributed by atoms with Crippen molar-refractivity contribution in [3.05, 3.63) is 70.8 Å². The van der Waals surface area contributed by atoms with Gasteiger partial charge in [-0.25, -0.2) is 4.79 Å². The van der Waals surface area contributed by atoms with E-state index in [1.807, 2.05) is 29.2 Å². The van der Waals surface area contributed by atoms with E-state index in [0.717, 1.165) is 49.1 Å². The molecule has 1 N–H and O–H groups in total. The molecule has 2 fully saturated rings. The fraction of sp³-hybridized carbons (Fsp3) is 0.417. The second-order valence-electron chi connectivity index (χ2n) is 8.45. The number of rotatable bonds is 7. The normalized spacial score (nSPS) is 16.3. The molecule has 2 aromatic carbocycles. The second kappa shape index (κ2) is 9.22. The van der Waals surface area contributed by atoms with E-state index in [4.69, 9.17) is 0 Å². The number of alkyl halides is 3. The van der Waals surface area contributed by atoms with Gasteiger partial charge in [-0.1, -0.05) is 36.4 Å². The first kappa shape index (κ1) is 22.2. The summed E-state index contributed by atoms with van der Waals surface area (Å²) in [4.78, 5) is 28.2. The van der Waals surface area contributed by atoms with Crippen molar-refractivity contribution in [2.24, 2.45) is 0 Å². The van der Waals surface area contributed by atoms with Crippen LogP contribution >= 0.6 is 0 Å². The van der Waals surface area contributed by atoms with E-state index in [2.05, 4.69) is 5.32 Å². The van der Waals surface area contributed by atoms with Crippen molar-refractivity contribution in [1.29, 1.82) is 0 Å². The highest BCUT2D eigenvalue weighted by atomic mass is 19.4. The largest absolute Gasteiger partial charge is 0.416 e. The average Bonchev–Trinajstić information content (AvgIpc) is 3.53. The summed E-state index contributed by atoms with van der Waals surface area (Å²) in [6.07, 6.45) is -1.08. The van der Waals surface area contributed by atoms with Crippen LogP contribution in [0.1, 0.15) is 47.9 Å². The number of urea groups is 1. The molecule has 2 aliphatic rings. The van der Waals surface area contributed by atoms with Crippen LogP contribution in [0, 0.1) is 0 Å². The number of halogens is 3. The molecule has 1 saturated carbocycles. The predicted molar refractivity (Wildman–Crippen MR) is 113 cm³/mol. The zero-order valence-corrected chi connectivity index (χ0v) is 17.7. The molecule has 5 nitrogen and oxygen atoms in total. The van der Waals surface area contributed by atoms with Gasteiger partial charge in [-0.2, -0.15) is 13.2 Å². The number of carbonyl (C=O) groups excluding carboxylic acids is 2. The summed E-state index contributed by atoms with van der Waals surface area (Å²) in [5.74, 6) is 0.173. The molecule has 0 atom stereocenters. The standard InChI is InChI=1S/C24H26F3N3O2/c25-24(26,27)20-8-6-17(7-9-20)16-30(21-10-11-21)23(32)28-14-18-3-1-4-19(13-18)15-29-12-2-5-22(29)31/h1,3-4,6-9,13,21H,2,5,10-12,14-16H2,(H,28,32). The molecule has 1 saturated heterocycles. The quantitative estimate of drug-likeness (QED) is 0.672. The Morgan fingerprint density at radius 2 is 1.78 bits per heavy atom. The minimum atomic E-state index is -4.37. The Labute approximate surface area is 185 Å². The van der Waals surface area contributed by atoms with E-state index in [-0.39, 0.29) is 24.5 Å². The molecule has 2 aromatic rings. The Morgan fingerprint density at radius 1 is 1.06 bits per heavy atom. The molecule has 0 radical (unpaired) electrons. The van der Waals surface area contributed by atoms with Crippen molar-refractivity contribution in [2.75, 3.05) is 6.54 Å². The van der Waals surface area contributed by atoms with Gasteiger partial charge < -0.3 is 15.1 Å². The molecule has 1 aliphatic heterocycles. The van der Waals surface area contributed by atoms with Crippen LogP contribution < -0.4 is 5.32 Å². The van der Waals surface area contributed by atoms with Crippen LogP contribution in [0.3, 0.4) is 0 Å². The van der Waals surface area contributed by atoms with Crippen LogP contribution in [0.15, 0.2) is 48.5 Å². The molecule has 0 unspecified atom stereocenters. The third-order valence-corrected chi connectivity index (χ3v) is 5.86. The number of carbonyl (C=O) groups is 2. The Kier molecular flexibility index (Phi) is 6.39. The van der Waals surface area contributed by atoms with Gasteiger partial charge in [0.2, 0.25) is 5.91 Å². The third-order valence-electron chi connectivity index (χ3n) is 5.86. The smallest absolute Gasteiger partial charge is 0.338 e. The Morgan fingerprint density at radius 3 is 2.41 bits per heavy atom. The fourth-order valence-electron chi connectivity index (χ4n) is 3.96. The molecule has 0 aromatic heterocycles. The number of likely N-dealkylation sites (tertiary alicyclic amines) is 1. The lowest BCUT2D eigenvalue weighted by atomic mass is 10.1. The maximum atomic E-state index is 12.8. The van der Waals surface area contributed by atoms with Crippen molar-refractivity contribution < 1.29 is 22.8 Å². The summed E-state index contributed by atoms with van der Waals surface area (Å²) in [7, 11) is 0. The lowest BCUT2D eigenvalue weighted by Gasteiger charge is -2.23. The highest BCUT2D eigenvalue weighted by molar-refractivity contribution is 5.78. The molecule has 32 heavy (non-hydrogen) atoms. The van der Waals surface area contributed by atoms with Crippen molar-refractivity contribution in [3.8, 4) is 0 Å². The second-order valence-corrected chi connectivity index (χ2v) is 8.45. The van der Waals surface area contributed by atoms with Crippen molar-refractivity contribution in [2.45, 2.75) is 57.5 Å². The summed E-state index contributed by atoms with van der Waals surface area (Å²) in [6.45, 7) is 1.96. The number of nitrogens with one attached hydrogen (secondary N) is 1. The van der Waals surface area contributed by atoms with Crippen molar-refractivity contribution in [3.63, 3.8) is 0 Å². The Balaban J connectivity index is 1.35. The Bertz CT molecular complexity index is 971. The maximum Gasteiger partial charge on any atom is 0.416 e. The van der Waals surface area contributed by atoms with Crippen LogP contribution in [0.2, 0.25) is 0 Å². The highest BCUT2D eigenvalue weighted by Crippen LogP contribution is 2.31. The van der Waals surface area contributed by atoms with Gasteiger partial charge in [-0.3, -0.25) is 4.79 Å². The first-order valence-electron chi connectivity index (χ1n) is 10.9. The van der Waals surface area contributed by atoms with Crippen LogP contribution in [0.25, 0.3) is 0 Å². The number of benzene rings is 2. The average molecular weight is 445 g/mol. The van der Waals surface area contributed by atoms with Gasteiger partial charge in [0.25, 0.3) is 0 Å². The molecule has 4 rings (SSSR count). The van der Waals surface area contributed by atoms with Gasteiger partial charge in [0.1, 0.15) is 0 Å². The molecule has 8 heteroatoms. The summed E-state index contributed by atoms with van der Waals surface area (Å²) in [6, 6.07) is 12.6. The van der Waals surface area contributed by atoms with Crippen LogP contribution in [-0.2, 0) is 30.6 Å². The van der Waals surface area contributed by atoms with Gasteiger partial charge in [0, 0.05) is 38.6 Å². The van der Waals surface area contributed by atoms with E-state index in [0.29, 0.717) is 25.1 Å². The van der Waals surface area contributed by atoms with E-state index < -0.39 is 11.7 Å². The SMILES string of the molecule is O=C1CCCN1Cc1cccc(CNC(=O)N(Cc2ccc(C(F)(F)F)cc2)C2CC2)c1. The van der Waals surface area contributed by atoms with Gasteiger partial charge in [0.15, 0.2) is 0 Å². The van der Waals surface area contributed by atoms with E-state index in [1.54, 1.807) is 4.90 Å². The zero-order valence-electron chi connectivity index (χ0n) is 17.7. The van der Waals surface area contributed by atoms with Crippen LogP contribution in [0.5, 0.6) is 0 Å². The number of amides is 3. The van der Waals surface area contributed by atoms with Crippen molar-refractivity contribution in [1.82, 2.24) is 15.1 Å². The fourth-order valence-corrected chi connectivity index (χ4v) is 3.96. The molecular weight excluding hydrogens is 419 g/mol. The minimum absolute atomic E-state index is 0.116. The summed E-state index contributed by atoms with van der Waals surface area (Å²) in [5, 5.41) is 2.93. The first-order chi connectivity index (χ1) is 15.3. The van der Waals surface area contributed by atoms with Gasteiger partial charge in [0.05, 0.1) is 5.56 Å². The van der Waals surface area contributed by atoms with Gasteiger partial charge >= 0.3 is 12.2 Å². The third kappa shape index (κ3) is 5.60. The monoisotopic (exact) mass is 445 g/mol. The molecule has 1 heterocycles. The van der Waals surface area contributed by atoms with Gasteiger partial charge in [-0.05, 0) is 48.1 Å². The highest BCUT2D eigenvalue weighted by Gasteiger charge is 2.33. The van der Waals surface area contributed by atoms with Crippen molar-refractivity contribution >= 4 is 11.9 Å². The maximum absolute atomic E-state index is 12.8. The van der Waals surface area contributed by atoms with E-state index in [9.17, 15) is 22.8 Å². The topological polar surface area (TPSA) is 52.7 Å². The van der Waals surface area contributed by atoms with E-state index in [1.165, 1.54) is 12.1 Å². The van der Waals surface area contributed by atoms with Crippen LogP contribution in [-0.4, -0.2) is 34.3 Å². The van der Waals surface area contributed by atoms with Crippen LogP contribution in [0.4, 0.5) is 18.0 Å². The summed E-state index contributed by atoms with van der Waals surface area (Å²) in [5.41, 5.74) is 1.93. The minimum Gasteiger partial charge on any atom is -0.338 e. The molecular formula is C24H26F3N3O2. The van der Waals surface area contributed by atoms with Gasteiger partial charge in [-0.15, -0.1) is 0 Å². The Hall–Kier alpha value is -3.03.